The average molecular weight is 468 g/mol. The molecule has 0 unspecified atom stereocenters. The van der Waals surface area contributed by atoms with Gasteiger partial charge < -0.3 is 14.2 Å². The van der Waals surface area contributed by atoms with Crippen LogP contribution in [0.25, 0.3) is 11.0 Å². The number of likely N-dealkylation sites (tertiary alicyclic amines) is 1. The number of halogens is 1. The predicted molar refractivity (Wildman–Crippen MR) is 125 cm³/mol. The molecule has 2 heterocycles. The van der Waals surface area contributed by atoms with Crippen molar-refractivity contribution in [2.45, 2.75) is 45.3 Å². The Labute approximate surface area is 187 Å². The number of nitrogens with zero attached hydrogens (tertiary/aromatic N) is 3. The molecule has 0 radical (unpaired) electrons. The van der Waals surface area contributed by atoms with Crippen molar-refractivity contribution >= 4 is 27.0 Å². The molecule has 1 saturated heterocycles. The number of ether oxygens (including phenoxy) is 1. The van der Waals surface area contributed by atoms with E-state index < -0.39 is 0 Å². The van der Waals surface area contributed by atoms with Crippen molar-refractivity contribution < 1.29 is 4.74 Å². The molecule has 1 aromatic heterocycles. The Bertz CT molecular complexity index is 1080. The second-order valence-electron chi connectivity index (χ2n) is 9.10. The van der Waals surface area contributed by atoms with Crippen molar-refractivity contribution in [3.05, 3.63) is 63.4 Å². The monoisotopic (exact) mass is 467 g/mol. The van der Waals surface area contributed by atoms with Crippen LogP contribution in [0.15, 0.2) is 40.9 Å². The Balaban J connectivity index is 1.30. The second kappa shape index (κ2) is 8.10. The van der Waals surface area contributed by atoms with E-state index in [2.05, 4.69) is 75.6 Å². The normalized spacial score (nSPS) is 24.5. The zero-order valence-corrected chi connectivity index (χ0v) is 19.7. The summed E-state index contributed by atoms with van der Waals surface area (Å²) in [4.78, 5) is 7.46. The van der Waals surface area contributed by atoms with E-state index in [1.54, 1.807) is 0 Å². The fraction of sp³-hybridized carbons (Fsp3) is 0.480. The first-order chi connectivity index (χ1) is 14.5. The van der Waals surface area contributed by atoms with Gasteiger partial charge in [0.05, 0.1) is 23.2 Å². The van der Waals surface area contributed by atoms with Gasteiger partial charge in [0, 0.05) is 31.2 Å². The summed E-state index contributed by atoms with van der Waals surface area (Å²) in [7, 11) is 1.86. The molecule has 2 aromatic carbocycles. The topological polar surface area (TPSA) is 30.3 Å². The summed E-state index contributed by atoms with van der Waals surface area (Å²) in [6.45, 7) is 7.52. The van der Waals surface area contributed by atoms with Gasteiger partial charge in [0.15, 0.2) is 0 Å². The van der Waals surface area contributed by atoms with Gasteiger partial charge in [-0.15, -0.1) is 0 Å². The summed E-state index contributed by atoms with van der Waals surface area (Å²) in [5.74, 6) is 1.80. The SMILES string of the molecule is CO[C@@H]1CN(C[C@H]2Cc3ccc(Br)cc3C2)CC[C@H]1n1c(C)nc2cc(C)ccc21. The number of piperidine rings is 1. The molecule has 2 aliphatic rings. The van der Waals surface area contributed by atoms with Crippen LogP contribution in [0.4, 0.5) is 0 Å². The van der Waals surface area contributed by atoms with Crippen LogP contribution in [-0.4, -0.2) is 47.3 Å². The molecule has 5 rings (SSSR count). The highest BCUT2D eigenvalue weighted by atomic mass is 79.9. The predicted octanol–water partition coefficient (Wildman–Crippen LogP) is 5.09. The van der Waals surface area contributed by atoms with Crippen molar-refractivity contribution in [2.24, 2.45) is 5.92 Å². The Morgan fingerprint density at radius 1 is 1.10 bits per heavy atom. The van der Waals surface area contributed by atoms with Crippen molar-refractivity contribution in [1.82, 2.24) is 14.5 Å². The lowest BCUT2D eigenvalue weighted by Crippen LogP contribution is -2.47. The third-order valence-electron chi connectivity index (χ3n) is 6.97. The van der Waals surface area contributed by atoms with Gasteiger partial charge in [-0.05, 0) is 80.0 Å². The minimum Gasteiger partial charge on any atom is -0.378 e. The molecule has 5 heteroatoms. The quantitative estimate of drug-likeness (QED) is 0.534. The van der Waals surface area contributed by atoms with Gasteiger partial charge >= 0.3 is 0 Å². The minimum absolute atomic E-state index is 0.189. The summed E-state index contributed by atoms with van der Waals surface area (Å²) < 4.78 is 9.65. The number of hydrogen-bond donors (Lipinski definition) is 0. The maximum absolute atomic E-state index is 6.03. The van der Waals surface area contributed by atoms with Crippen molar-refractivity contribution in [3.63, 3.8) is 0 Å². The van der Waals surface area contributed by atoms with Gasteiger partial charge in [0.25, 0.3) is 0 Å². The number of benzene rings is 2. The standard InChI is InChI=1S/C25H30BrN3O/c1-16-4-7-23-22(10-16)27-17(2)29(23)24-8-9-28(15-25(24)30-3)14-18-11-19-5-6-21(26)13-20(19)12-18/h4-7,10,13,18,24-25H,8-9,11-12,14-15H2,1-3H3/t18-,24+,25+/m0/s1. The summed E-state index contributed by atoms with van der Waals surface area (Å²) in [5.41, 5.74) is 6.63. The lowest BCUT2D eigenvalue weighted by molar-refractivity contribution is -0.00928. The van der Waals surface area contributed by atoms with Gasteiger partial charge in [-0.25, -0.2) is 4.98 Å². The molecular formula is C25H30BrN3O. The van der Waals surface area contributed by atoms with Crippen molar-refractivity contribution in [3.8, 4) is 0 Å². The fourth-order valence-electron chi connectivity index (χ4n) is 5.58. The Morgan fingerprint density at radius 3 is 2.77 bits per heavy atom. The smallest absolute Gasteiger partial charge is 0.107 e. The first kappa shape index (κ1) is 20.2. The summed E-state index contributed by atoms with van der Waals surface area (Å²) in [5, 5.41) is 0. The molecule has 3 aromatic rings. The third kappa shape index (κ3) is 3.72. The number of imidazole rings is 1. The van der Waals surface area contributed by atoms with E-state index >= 15 is 0 Å². The summed E-state index contributed by atoms with van der Waals surface area (Å²) >= 11 is 3.62. The maximum atomic E-state index is 6.03. The molecule has 4 nitrogen and oxygen atoms in total. The van der Waals surface area contributed by atoms with Crippen molar-refractivity contribution in [1.29, 1.82) is 0 Å². The van der Waals surface area contributed by atoms with Crippen LogP contribution in [0.5, 0.6) is 0 Å². The molecule has 3 atom stereocenters. The third-order valence-corrected chi connectivity index (χ3v) is 7.46. The molecule has 1 fully saturated rings. The van der Waals surface area contributed by atoms with Gasteiger partial charge in [-0.2, -0.15) is 0 Å². The van der Waals surface area contributed by atoms with Crippen LogP contribution in [0, 0.1) is 19.8 Å². The van der Waals surface area contributed by atoms with Gasteiger partial charge in [0.2, 0.25) is 0 Å². The zero-order valence-electron chi connectivity index (χ0n) is 18.1. The molecular weight excluding hydrogens is 438 g/mol. The van der Waals surface area contributed by atoms with Crippen LogP contribution in [0.3, 0.4) is 0 Å². The highest BCUT2D eigenvalue weighted by Gasteiger charge is 2.34. The average Bonchev–Trinajstić information content (AvgIpc) is 3.26. The molecule has 1 aliphatic heterocycles. The molecule has 0 amide bonds. The molecule has 1 aliphatic carbocycles. The lowest BCUT2D eigenvalue weighted by atomic mass is 9.98. The first-order valence-corrected chi connectivity index (χ1v) is 11.8. The Morgan fingerprint density at radius 2 is 1.93 bits per heavy atom. The molecule has 0 saturated carbocycles. The largest absolute Gasteiger partial charge is 0.378 e. The molecule has 158 valence electrons. The summed E-state index contributed by atoms with van der Waals surface area (Å²) in [6, 6.07) is 13.7. The lowest BCUT2D eigenvalue weighted by Gasteiger charge is -2.40. The van der Waals surface area contributed by atoms with E-state index in [0.717, 1.165) is 37.4 Å². The number of rotatable bonds is 4. The van der Waals surface area contributed by atoms with Crippen LogP contribution >= 0.6 is 15.9 Å². The second-order valence-corrected chi connectivity index (χ2v) is 10.0. The summed E-state index contributed by atoms with van der Waals surface area (Å²) in [6.07, 6.45) is 3.68. The highest BCUT2D eigenvalue weighted by molar-refractivity contribution is 9.10. The number of hydrogen-bond acceptors (Lipinski definition) is 3. The highest BCUT2D eigenvalue weighted by Crippen LogP contribution is 2.33. The molecule has 0 bridgehead atoms. The van der Waals surface area contributed by atoms with E-state index in [1.807, 2.05) is 7.11 Å². The molecule has 0 spiro atoms. The van der Waals surface area contributed by atoms with E-state index in [1.165, 1.54) is 39.5 Å². The number of methoxy groups -OCH3 is 1. The van der Waals surface area contributed by atoms with E-state index in [9.17, 15) is 0 Å². The Kier molecular flexibility index (Phi) is 5.46. The molecule has 30 heavy (non-hydrogen) atoms. The molecule has 0 N–H and O–H groups in total. The van der Waals surface area contributed by atoms with Crippen molar-refractivity contribution in [2.75, 3.05) is 26.7 Å². The number of aromatic nitrogens is 2. The zero-order chi connectivity index (χ0) is 20.8. The van der Waals surface area contributed by atoms with E-state index in [4.69, 9.17) is 9.72 Å². The van der Waals surface area contributed by atoms with E-state index in [0.29, 0.717) is 12.0 Å². The number of fused-ring (bicyclic) bond motifs is 2. The minimum atomic E-state index is 0.189. The first-order valence-electron chi connectivity index (χ1n) is 11.0. The maximum Gasteiger partial charge on any atom is 0.107 e. The van der Waals surface area contributed by atoms with Crippen LogP contribution < -0.4 is 0 Å². The van der Waals surface area contributed by atoms with Gasteiger partial charge in [-0.3, -0.25) is 0 Å². The number of aryl methyl sites for hydroxylation is 2. The van der Waals surface area contributed by atoms with E-state index in [-0.39, 0.29) is 6.10 Å². The Hall–Kier alpha value is -1.69. The van der Waals surface area contributed by atoms with Crippen LogP contribution in [-0.2, 0) is 17.6 Å². The fourth-order valence-corrected chi connectivity index (χ4v) is 5.99. The van der Waals surface area contributed by atoms with Crippen LogP contribution in [0.1, 0.15) is 35.0 Å². The van der Waals surface area contributed by atoms with Gasteiger partial charge in [-0.1, -0.05) is 28.1 Å². The van der Waals surface area contributed by atoms with Crippen LogP contribution in [0.2, 0.25) is 0 Å². The van der Waals surface area contributed by atoms with Gasteiger partial charge in [0.1, 0.15) is 5.82 Å².